The molecule has 0 saturated heterocycles. The van der Waals surface area contributed by atoms with Crippen molar-refractivity contribution < 1.29 is 4.79 Å². The Labute approximate surface area is 115 Å². The predicted molar refractivity (Wildman–Crippen MR) is 79.3 cm³/mol. The highest BCUT2D eigenvalue weighted by molar-refractivity contribution is 5.78. The number of rotatable bonds is 7. The number of nitrogens with one attached hydrogen (secondary N) is 1. The largest absolute Gasteiger partial charge is 0.399 e. The maximum atomic E-state index is 11.9. The second-order valence-corrected chi connectivity index (χ2v) is 4.99. The predicted octanol–water partition coefficient (Wildman–Crippen LogP) is 2.17. The monoisotopic (exact) mass is 263 g/mol. The first-order valence-corrected chi connectivity index (χ1v) is 6.93. The van der Waals surface area contributed by atoms with Crippen LogP contribution in [0.15, 0.2) is 18.2 Å². The average molecular weight is 263 g/mol. The highest BCUT2D eigenvalue weighted by Gasteiger charge is 2.12. The molecule has 0 aromatic heterocycles. The summed E-state index contributed by atoms with van der Waals surface area (Å²) in [6.07, 6.45) is 3.13. The van der Waals surface area contributed by atoms with Gasteiger partial charge in [-0.2, -0.15) is 0 Å². The van der Waals surface area contributed by atoms with E-state index in [0.717, 1.165) is 30.4 Å². The van der Waals surface area contributed by atoms with Crippen LogP contribution in [0.25, 0.3) is 0 Å². The maximum absolute atomic E-state index is 11.9. The van der Waals surface area contributed by atoms with E-state index in [0.29, 0.717) is 18.8 Å². The fourth-order valence-electron chi connectivity index (χ4n) is 2.01. The molecule has 0 aliphatic rings. The van der Waals surface area contributed by atoms with Gasteiger partial charge in [0, 0.05) is 24.7 Å². The van der Waals surface area contributed by atoms with Gasteiger partial charge in [-0.15, -0.1) is 0 Å². The molecule has 1 aromatic rings. The summed E-state index contributed by atoms with van der Waals surface area (Å²) in [5.74, 6) is 0.154. The molecule has 1 atom stereocenters. The van der Waals surface area contributed by atoms with E-state index in [4.69, 9.17) is 11.5 Å². The Morgan fingerprint density at radius 3 is 2.74 bits per heavy atom. The van der Waals surface area contributed by atoms with E-state index in [-0.39, 0.29) is 11.8 Å². The standard InChI is InChI=1S/C15H25N3O/c1-3-4-5-11(2)15(19)18-10-13-8-14(17)7-6-12(13)9-16/h6-8,11H,3-5,9-10,16-17H2,1-2H3,(H,18,19). The Hall–Kier alpha value is -1.55. The summed E-state index contributed by atoms with van der Waals surface area (Å²) in [5, 5.41) is 2.96. The molecule has 0 radical (unpaired) electrons. The molecule has 0 bridgehead atoms. The fourth-order valence-corrected chi connectivity index (χ4v) is 2.01. The molecule has 1 unspecified atom stereocenters. The van der Waals surface area contributed by atoms with Gasteiger partial charge in [-0.05, 0) is 29.7 Å². The minimum absolute atomic E-state index is 0.0577. The molecule has 1 amide bonds. The zero-order valence-electron chi connectivity index (χ0n) is 11.9. The van der Waals surface area contributed by atoms with Gasteiger partial charge in [0.2, 0.25) is 5.91 Å². The molecule has 4 nitrogen and oxygen atoms in total. The van der Waals surface area contributed by atoms with Crippen LogP contribution < -0.4 is 16.8 Å². The van der Waals surface area contributed by atoms with Crippen molar-refractivity contribution in [2.45, 2.75) is 46.2 Å². The third-order valence-corrected chi connectivity index (χ3v) is 3.34. The van der Waals surface area contributed by atoms with E-state index in [1.165, 1.54) is 0 Å². The molecular formula is C15H25N3O. The normalized spacial score (nSPS) is 12.2. The quantitative estimate of drug-likeness (QED) is 0.659. The second kappa shape index (κ2) is 7.79. The smallest absolute Gasteiger partial charge is 0.223 e. The summed E-state index contributed by atoms with van der Waals surface area (Å²) in [4.78, 5) is 11.9. The van der Waals surface area contributed by atoms with Gasteiger partial charge < -0.3 is 16.8 Å². The Bertz CT molecular complexity index is 418. The van der Waals surface area contributed by atoms with Gasteiger partial charge in [0.25, 0.3) is 0 Å². The second-order valence-electron chi connectivity index (χ2n) is 4.99. The fraction of sp³-hybridized carbons (Fsp3) is 0.533. The van der Waals surface area contributed by atoms with Crippen LogP contribution >= 0.6 is 0 Å². The van der Waals surface area contributed by atoms with Gasteiger partial charge in [-0.25, -0.2) is 0 Å². The van der Waals surface area contributed by atoms with Gasteiger partial charge in [0.05, 0.1) is 0 Å². The maximum Gasteiger partial charge on any atom is 0.223 e. The van der Waals surface area contributed by atoms with Crippen LogP contribution in [-0.2, 0) is 17.9 Å². The van der Waals surface area contributed by atoms with Crippen LogP contribution in [0.2, 0.25) is 0 Å². The third kappa shape index (κ3) is 4.91. The number of nitrogens with two attached hydrogens (primary N) is 2. The summed E-state index contributed by atoms with van der Waals surface area (Å²) in [5.41, 5.74) is 14.2. The molecule has 0 aliphatic carbocycles. The number of hydrogen-bond acceptors (Lipinski definition) is 3. The lowest BCUT2D eigenvalue weighted by Crippen LogP contribution is -2.29. The third-order valence-electron chi connectivity index (χ3n) is 3.34. The van der Waals surface area contributed by atoms with Crippen LogP contribution in [-0.4, -0.2) is 5.91 Å². The number of amides is 1. The average Bonchev–Trinajstić information content (AvgIpc) is 2.42. The van der Waals surface area contributed by atoms with Crippen molar-refractivity contribution in [1.29, 1.82) is 0 Å². The van der Waals surface area contributed by atoms with Crippen LogP contribution in [0.3, 0.4) is 0 Å². The summed E-state index contributed by atoms with van der Waals surface area (Å²) >= 11 is 0. The molecular weight excluding hydrogens is 238 g/mol. The summed E-state index contributed by atoms with van der Waals surface area (Å²) in [6.45, 7) is 5.04. The lowest BCUT2D eigenvalue weighted by atomic mass is 10.0. The Kier molecular flexibility index (Phi) is 6.36. The van der Waals surface area contributed by atoms with Crippen LogP contribution in [0.5, 0.6) is 0 Å². The molecule has 0 spiro atoms. The summed E-state index contributed by atoms with van der Waals surface area (Å²) in [6, 6.07) is 5.62. The lowest BCUT2D eigenvalue weighted by molar-refractivity contribution is -0.124. The van der Waals surface area contributed by atoms with Crippen LogP contribution in [0.1, 0.15) is 44.2 Å². The van der Waals surface area contributed by atoms with E-state index in [1.807, 2.05) is 25.1 Å². The van der Waals surface area contributed by atoms with Crippen molar-refractivity contribution in [1.82, 2.24) is 5.32 Å². The van der Waals surface area contributed by atoms with Crippen LogP contribution in [0, 0.1) is 5.92 Å². The molecule has 19 heavy (non-hydrogen) atoms. The first kappa shape index (κ1) is 15.5. The van der Waals surface area contributed by atoms with Gasteiger partial charge in [0.15, 0.2) is 0 Å². The number of hydrogen-bond donors (Lipinski definition) is 3. The van der Waals surface area contributed by atoms with Crippen molar-refractivity contribution in [3.63, 3.8) is 0 Å². The SMILES string of the molecule is CCCCC(C)C(=O)NCc1cc(N)ccc1CN. The summed E-state index contributed by atoms with van der Waals surface area (Å²) < 4.78 is 0. The molecule has 0 fully saturated rings. The van der Waals surface area contributed by atoms with Crippen molar-refractivity contribution >= 4 is 11.6 Å². The number of benzene rings is 1. The molecule has 106 valence electrons. The Morgan fingerprint density at radius 1 is 1.37 bits per heavy atom. The zero-order chi connectivity index (χ0) is 14.3. The minimum Gasteiger partial charge on any atom is -0.399 e. The van der Waals surface area contributed by atoms with E-state index in [9.17, 15) is 4.79 Å². The summed E-state index contributed by atoms with van der Waals surface area (Å²) in [7, 11) is 0. The van der Waals surface area contributed by atoms with E-state index >= 15 is 0 Å². The molecule has 0 aliphatic heterocycles. The van der Waals surface area contributed by atoms with Crippen molar-refractivity contribution in [2.24, 2.45) is 11.7 Å². The molecule has 0 heterocycles. The number of carbonyl (C=O) groups excluding carboxylic acids is 1. The van der Waals surface area contributed by atoms with Crippen molar-refractivity contribution in [3.8, 4) is 0 Å². The highest BCUT2D eigenvalue weighted by atomic mass is 16.1. The molecule has 1 aromatic carbocycles. The van der Waals surface area contributed by atoms with Crippen LogP contribution in [0.4, 0.5) is 5.69 Å². The number of nitrogen functional groups attached to an aromatic ring is 1. The van der Waals surface area contributed by atoms with Gasteiger partial charge in [-0.1, -0.05) is 32.8 Å². The Morgan fingerprint density at radius 2 is 2.11 bits per heavy atom. The number of carbonyl (C=O) groups is 1. The number of anilines is 1. The van der Waals surface area contributed by atoms with Gasteiger partial charge >= 0.3 is 0 Å². The van der Waals surface area contributed by atoms with E-state index in [2.05, 4.69) is 12.2 Å². The highest BCUT2D eigenvalue weighted by Crippen LogP contribution is 2.14. The van der Waals surface area contributed by atoms with Crippen molar-refractivity contribution in [2.75, 3.05) is 5.73 Å². The number of unbranched alkanes of at least 4 members (excludes halogenated alkanes) is 1. The Balaban J connectivity index is 2.56. The molecule has 4 heteroatoms. The first-order valence-electron chi connectivity index (χ1n) is 6.93. The lowest BCUT2D eigenvalue weighted by Gasteiger charge is -2.14. The van der Waals surface area contributed by atoms with E-state index in [1.54, 1.807) is 0 Å². The molecule has 1 rings (SSSR count). The van der Waals surface area contributed by atoms with Crippen molar-refractivity contribution in [3.05, 3.63) is 29.3 Å². The van der Waals surface area contributed by atoms with Gasteiger partial charge in [0.1, 0.15) is 0 Å². The molecule has 0 saturated carbocycles. The molecule has 5 N–H and O–H groups in total. The first-order chi connectivity index (χ1) is 9.08. The zero-order valence-corrected chi connectivity index (χ0v) is 11.9. The van der Waals surface area contributed by atoms with E-state index < -0.39 is 0 Å². The minimum atomic E-state index is 0.0577. The topological polar surface area (TPSA) is 81.1 Å². The van der Waals surface area contributed by atoms with Gasteiger partial charge in [-0.3, -0.25) is 4.79 Å².